The van der Waals surface area contributed by atoms with Gasteiger partial charge in [-0.15, -0.1) is 68.0 Å². The largest absolute Gasteiger partial charge is 0.477 e. The molecule has 4 amide bonds. The van der Waals surface area contributed by atoms with E-state index in [4.69, 9.17) is 38.6 Å². The van der Waals surface area contributed by atoms with Gasteiger partial charge in [-0.3, -0.25) is 0 Å². The summed E-state index contributed by atoms with van der Waals surface area (Å²) < 4.78 is 81.9. The van der Waals surface area contributed by atoms with Crippen LogP contribution in [0.5, 0.6) is 0 Å². The third kappa shape index (κ3) is 24.9. The monoisotopic (exact) mass is 1640 g/mol. The number of hydrogen-bond donors (Lipinski definition) is 4. The van der Waals surface area contributed by atoms with Gasteiger partial charge in [0, 0.05) is 85.2 Å². The van der Waals surface area contributed by atoms with E-state index in [0.717, 1.165) is 85.8 Å². The van der Waals surface area contributed by atoms with Gasteiger partial charge in [0.15, 0.2) is 17.5 Å². The highest BCUT2D eigenvalue weighted by Gasteiger charge is 2.36. The zero-order chi connectivity index (χ0) is 80.8. The number of nitrogens with one attached hydrogen (secondary N) is 2. The molecule has 0 radical (unpaired) electrons. The van der Waals surface area contributed by atoms with Crippen LogP contribution < -0.4 is 10.6 Å². The molecule has 6 aliphatic heterocycles. The standard InChI is InChI=1S/C15H21NO4S.C14H18FNO4S.C13H16FNO4S.C13H17NO4S.C10H13NO2S.C9H10FNO2S/c1-5-19-13(17)11-8-10-6-7-16(9-12(10)21-11)14(18)20-15(2,3)4;1-14(2,3)20-13(18)16-6-5-8-9(7-16)21-11(10(8)15)12(17)19-4;1-13(2,3)19-12(18)15-5-4-7-8(6-15)20-10(9(7)14)11(16)17;1-13(2,3)18-12(17)14-5-4-8-6-9(11(15)16)19-10(8)7-14;1-2-13-10(12)8-5-7-3-4-11-6-9(7)14-8;1-13-9(12)8-7(10)5-2-3-11-4-6(5)14-8/h8H,5-7,9H2,1-4H3;5-7H2,1-4H3;4-6H2,1-3H3,(H,16,17);6H,4-5,7H2,1-3H3,(H,15,16);5,11H,2-4,6H2,1H3;11H,2-4H2,1H3. The first-order valence-corrected chi connectivity index (χ1v) is 40.0. The number of fused-ring (bicyclic) bond motifs is 6. The van der Waals surface area contributed by atoms with Crippen molar-refractivity contribution in [3.05, 3.63) is 128 Å². The smallest absolute Gasteiger partial charge is 0.410 e. The maximum Gasteiger partial charge on any atom is 0.410 e. The van der Waals surface area contributed by atoms with E-state index in [1.54, 1.807) is 75.7 Å². The van der Waals surface area contributed by atoms with Gasteiger partial charge in [-0.1, -0.05) is 0 Å². The van der Waals surface area contributed by atoms with Crippen molar-refractivity contribution in [2.24, 2.45) is 0 Å². The fraction of sp³-hybridized carbons (Fsp3) is 0.541. The van der Waals surface area contributed by atoms with Crippen molar-refractivity contribution in [1.82, 2.24) is 30.2 Å². The highest BCUT2D eigenvalue weighted by molar-refractivity contribution is 7.15. The Balaban J connectivity index is 0.000000183. The van der Waals surface area contributed by atoms with E-state index in [9.17, 15) is 61.1 Å². The average Bonchev–Trinajstić information content (AvgIpc) is 1.65. The summed E-state index contributed by atoms with van der Waals surface area (Å²) in [5, 5.41) is 24.3. The van der Waals surface area contributed by atoms with Crippen LogP contribution in [0.1, 0.15) is 218 Å². The number of rotatable bonds is 8. The number of hydrogen-bond acceptors (Lipinski definition) is 26. The van der Waals surface area contributed by atoms with Gasteiger partial charge >= 0.3 is 60.2 Å². The number of methoxy groups -OCH3 is 2. The molecular weight excluding hydrogens is 1540 g/mol. The van der Waals surface area contributed by atoms with Crippen LogP contribution >= 0.6 is 68.0 Å². The second-order valence-electron chi connectivity index (χ2n) is 29.1. The van der Waals surface area contributed by atoms with Crippen molar-refractivity contribution < 1.29 is 109 Å². The number of carboxylic acid groups (broad SMARTS) is 2. The molecule has 0 bridgehead atoms. The first-order chi connectivity index (χ1) is 51.0. The van der Waals surface area contributed by atoms with E-state index in [1.165, 1.54) is 68.5 Å². The fourth-order valence-corrected chi connectivity index (χ4v) is 17.8. The maximum absolute atomic E-state index is 14.1. The van der Waals surface area contributed by atoms with Crippen LogP contribution in [0.4, 0.5) is 32.3 Å². The number of esters is 4. The Labute approximate surface area is 655 Å². The molecule has 598 valence electrons. The molecule has 6 aromatic rings. The summed E-state index contributed by atoms with van der Waals surface area (Å²) >= 11 is 7.28. The van der Waals surface area contributed by atoms with Crippen LogP contribution in [-0.4, -0.2) is 179 Å². The summed E-state index contributed by atoms with van der Waals surface area (Å²) in [5.74, 6) is -5.51. The molecule has 6 aromatic heterocycles. The Hall–Kier alpha value is -8.19. The van der Waals surface area contributed by atoms with Crippen LogP contribution in [0.2, 0.25) is 0 Å². The second-order valence-corrected chi connectivity index (χ2v) is 35.8. The Morgan fingerprint density at radius 1 is 0.394 bits per heavy atom. The molecule has 0 saturated heterocycles. The average molecular weight is 1640 g/mol. The highest BCUT2D eigenvalue weighted by Crippen LogP contribution is 2.37. The number of ether oxygens (including phenoxy) is 8. The molecule has 12 rings (SSSR count). The third-order valence-corrected chi connectivity index (χ3v) is 23.1. The third-order valence-electron chi connectivity index (χ3n) is 16.1. The summed E-state index contributed by atoms with van der Waals surface area (Å²) in [7, 11) is 2.48. The van der Waals surface area contributed by atoms with Crippen LogP contribution in [0.15, 0.2) is 18.2 Å². The minimum Gasteiger partial charge on any atom is -0.477 e. The molecule has 6 aliphatic rings. The van der Waals surface area contributed by atoms with Gasteiger partial charge in [-0.2, -0.15) is 0 Å². The molecule has 4 N–H and O–H groups in total. The van der Waals surface area contributed by atoms with Crippen molar-refractivity contribution in [1.29, 1.82) is 0 Å². The quantitative estimate of drug-likeness (QED) is 0.0812. The van der Waals surface area contributed by atoms with Gasteiger partial charge in [0.1, 0.15) is 51.7 Å². The van der Waals surface area contributed by atoms with Gasteiger partial charge in [-0.25, -0.2) is 61.1 Å². The summed E-state index contributed by atoms with van der Waals surface area (Å²) in [6, 6.07) is 5.55. The first kappa shape index (κ1) is 88.0. The Bertz CT molecular complexity index is 4270. The summed E-state index contributed by atoms with van der Waals surface area (Å²) in [5.41, 5.74) is 2.87. The molecule has 0 saturated carbocycles. The predicted molar refractivity (Wildman–Crippen MR) is 407 cm³/mol. The van der Waals surface area contributed by atoms with Crippen LogP contribution in [0.3, 0.4) is 0 Å². The van der Waals surface area contributed by atoms with E-state index in [1.807, 2.05) is 60.6 Å². The number of aromatic carboxylic acids is 2. The molecule has 0 fully saturated rings. The van der Waals surface area contributed by atoms with Crippen molar-refractivity contribution in [2.45, 2.75) is 197 Å². The van der Waals surface area contributed by atoms with Gasteiger partial charge in [0.25, 0.3) is 0 Å². The molecule has 26 nitrogen and oxygen atoms in total. The molecule has 0 aromatic carbocycles. The summed E-state index contributed by atoms with van der Waals surface area (Å²) in [4.78, 5) is 129. The topological polar surface area (TPSA) is 322 Å². The van der Waals surface area contributed by atoms with Crippen LogP contribution in [0.25, 0.3) is 0 Å². The number of nitrogens with zero attached hydrogens (tertiary/aromatic N) is 4. The Kier molecular flexibility index (Phi) is 30.8. The van der Waals surface area contributed by atoms with E-state index >= 15 is 0 Å². The van der Waals surface area contributed by atoms with Crippen LogP contribution in [-0.2, 0) is 116 Å². The molecule has 12 heterocycles. The molecule has 109 heavy (non-hydrogen) atoms. The molecular formula is C74H95F3N6O20S6. The number of halogens is 3. The van der Waals surface area contributed by atoms with Crippen molar-refractivity contribution in [3.8, 4) is 0 Å². The van der Waals surface area contributed by atoms with E-state index < -0.39 is 75.9 Å². The van der Waals surface area contributed by atoms with E-state index in [0.29, 0.717) is 121 Å². The van der Waals surface area contributed by atoms with E-state index in [-0.39, 0.29) is 51.8 Å². The predicted octanol–water partition coefficient (Wildman–Crippen LogP) is 14.7. The SMILES string of the molecule is CC(C)(C)OC(=O)N1CCc2c(sc(C(=O)O)c2F)C1.CC(C)(C)OC(=O)N1CCc2cc(C(=O)O)sc2C1.CCOC(=O)c1cc2c(s1)CN(C(=O)OC(C)(C)C)CC2.CCOC(=O)c1cc2c(s1)CNCC2.COC(=O)c1sc2c(c1F)CCN(C(=O)OC(C)(C)C)C2.COC(=O)c1sc2c(c1F)CCNC2. The van der Waals surface area contributed by atoms with Crippen LogP contribution in [0, 0.1) is 17.5 Å². The van der Waals surface area contributed by atoms with Crippen molar-refractivity contribution in [3.63, 3.8) is 0 Å². The summed E-state index contributed by atoms with van der Waals surface area (Å²) in [6.45, 7) is 32.7. The molecule has 35 heteroatoms. The lowest BCUT2D eigenvalue weighted by atomic mass is 10.1. The molecule has 0 spiro atoms. The fourth-order valence-electron chi connectivity index (χ4n) is 11.1. The summed E-state index contributed by atoms with van der Waals surface area (Å²) in [6.07, 6.45) is 2.22. The lowest BCUT2D eigenvalue weighted by molar-refractivity contribution is 0.0215. The number of carbonyl (C=O) groups is 10. The Morgan fingerprint density at radius 2 is 0.706 bits per heavy atom. The number of thiophene rings is 6. The van der Waals surface area contributed by atoms with Gasteiger partial charge in [0.2, 0.25) is 0 Å². The lowest BCUT2D eigenvalue weighted by Crippen LogP contribution is -2.39. The van der Waals surface area contributed by atoms with Crippen molar-refractivity contribution in [2.75, 3.05) is 66.7 Å². The maximum atomic E-state index is 14.1. The minimum atomic E-state index is -1.27. The highest BCUT2D eigenvalue weighted by atomic mass is 32.1. The van der Waals surface area contributed by atoms with Gasteiger partial charge < -0.3 is 78.3 Å². The number of carbonyl (C=O) groups excluding carboxylic acids is 8. The molecule has 0 aliphatic carbocycles. The first-order valence-electron chi connectivity index (χ1n) is 35.1. The molecule has 0 atom stereocenters. The number of carboxylic acids is 2. The Morgan fingerprint density at radius 3 is 1.06 bits per heavy atom. The second kappa shape index (κ2) is 38.2. The molecule has 0 unspecified atom stereocenters. The van der Waals surface area contributed by atoms with E-state index in [2.05, 4.69) is 20.1 Å². The lowest BCUT2D eigenvalue weighted by Gasteiger charge is -2.29. The zero-order valence-corrected chi connectivity index (χ0v) is 68.9. The van der Waals surface area contributed by atoms with Gasteiger partial charge in [-0.05, 0) is 183 Å². The minimum absolute atomic E-state index is 0.0338. The number of amides is 4. The normalized spacial score (nSPS) is 14.8. The van der Waals surface area contributed by atoms with Gasteiger partial charge in [0.05, 0.1) is 53.6 Å². The zero-order valence-electron chi connectivity index (χ0n) is 64.0. The van der Waals surface area contributed by atoms with Crippen molar-refractivity contribution >= 4 is 128 Å².